The summed E-state index contributed by atoms with van der Waals surface area (Å²) in [6.45, 7) is -0.218. The molecule has 12 heavy (non-hydrogen) atoms. The Balaban J connectivity index is 2.79. The van der Waals surface area contributed by atoms with Crippen LogP contribution in [-0.2, 0) is 6.54 Å². The molecular formula is C7H8N2O3. The van der Waals surface area contributed by atoms with Crippen molar-refractivity contribution in [2.75, 3.05) is 7.11 Å². The van der Waals surface area contributed by atoms with E-state index in [2.05, 4.69) is 4.98 Å². The number of rotatable bonds is 3. The quantitative estimate of drug-likeness (QED) is 0.496. The number of hydrogen-bond acceptors (Lipinski definition) is 4. The highest BCUT2D eigenvalue weighted by Crippen LogP contribution is 2.10. The van der Waals surface area contributed by atoms with Crippen molar-refractivity contribution in [1.82, 2.24) is 4.98 Å². The third kappa shape index (κ3) is 2.19. The molecule has 64 valence electrons. The molecule has 0 atom stereocenters. The Morgan fingerprint density at radius 3 is 3.00 bits per heavy atom. The molecule has 0 radical (unpaired) electrons. The van der Waals surface area contributed by atoms with E-state index in [9.17, 15) is 10.1 Å². The van der Waals surface area contributed by atoms with Crippen molar-refractivity contribution in [2.24, 2.45) is 0 Å². The Kier molecular flexibility index (Phi) is 2.57. The normalized spacial score (nSPS) is 9.42. The first-order chi connectivity index (χ1) is 5.72. The van der Waals surface area contributed by atoms with Gasteiger partial charge in [0, 0.05) is 16.7 Å². The Morgan fingerprint density at radius 1 is 1.67 bits per heavy atom. The fraction of sp³-hybridized carbons (Fsp3) is 0.286. The van der Waals surface area contributed by atoms with Crippen LogP contribution in [0.3, 0.4) is 0 Å². The van der Waals surface area contributed by atoms with Crippen molar-refractivity contribution in [3.05, 3.63) is 34.1 Å². The van der Waals surface area contributed by atoms with Crippen LogP contribution >= 0.6 is 0 Å². The highest BCUT2D eigenvalue weighted by Gasteiger charge is 2.02. The van der Waals surface area contributed by atoms with E-state index in [0.717, 1.165) is 0 Å². The summed E-state index contributed by atoms with van der Waals surface area (Å²) in [7, 11) is 1.49. The van der Waals surface area contributed by atoms with Crippen LogP contribution in [0, 0.1) is 10.1 Å². The molecule has 0 saturated heterocycles. The zero-order valence-electron chi connectivity index (χ0n) is 6.56. The summed E-state index contributed by atoms with van der Waals surface area (Å²) in [5, 5.41) is 10.1. The summed E-state index contributed by atoms with van der Waals surface area (Å²) < 4.78 is 4.85. The molecule has 1 rings (SSSR count). The number of nitrogens with zero attached hydrogens (tertiary/aromatic N) is 2. The maximum absolute atomic E-state index is 10.1. The molecule has 0 N–H and O–H groups in total. The van der Waals surface area contributed by atoms with Gasteiger partial charge < -0.3 is 4.74 Å². The number of nitro groups is 1. The maximum atomic E-state index is 10.1. The van der Waals surface area contributed by atoms with E-state index in [1.54, 1.807) is 6.07 Å². The smallest absolute Gasteiger partial charge is 0.230 e. The standard InChI is InChI=1S/C7H8N2O3/c1-12-7-2-6(3-8-4-7)5-9(10)11/h2-4H,5H2,1H3. The molecule has 0 aliphatic rings. The number of aromatic nitrogens is 1. The zero-order valence-corrected chi connectivity index (χ0v) is 6.56. The Bertz CT molecular complexity index is 288. The first-order valence-electron chi connectivity index (χ1n) is 3.32. The molecule has 1 aromatic heterocycles. The van der Waals surface area contributed by atoms with Gasteiger partial charge in [-0.15, -0.1) is 0 Å². The molecule has 5 heteroatoms. The van der Waals surface area contributed by atoms with Crippen molar-refractivity contribution in [2.45, 2.75) is 6.54 Å². The number of methoxy groups -OCH3 is 1. The summed E-state index contributed by atoms with van der Waals surface area (Å²) in [6, 6.07) is 1.59. The SMILES string of the molecule is COc1cncc(C[N+](=O)[O-])c1. The lowest BCUT2D eigenvalue weighted by Crippen LogP contribution is -1.98. The molecule has 5 nitrogen and oxygen atoms in total. The van der Waals surface area contributed by atoms with Gasteiger partial charge in [-0.05, 0) is 6.07 Å². The van der Waals surface area contributed by atoms with Crippen LogP contribution in [0.2, 0.25) is 0 Å². The predicted octanol–water partition coefficient (Wildman–Crippen LogP) is 0.867. The van der Waals surface area contributed by atoms with Crippen LogP contribution < -0.4 is 4.74 Å². The fourth-order valence-corrected chi connectivity index (χ4v) is 0.811. The molecule has 0 saturated carbocycles. The second-order valence-corrected chi connectivity index (χ2v) is 2.22. The summed E-state index contributed by atoms with van der Waals surface area (Å²) >= 11 is 0. The van der Waals surface area contributed by atoms with Gasteiger partial charge in [0.25, 0.3) is 0 Å². The van der Waals surface area contributed by atoms with Crippen molar-refractivity contribution in [3.8, 4) is 5.75 Å². The largest absolute Gasteiger partial charge is 0.495 e. The molecule has 0 amide bonds. The van der Waals surface area contributed by atoms with Crippen LogP contribution in [0.5, 0.6) is 5.75 Å². The van der Waals surface area contributed by atoms with Crippen LogP contribution in [0.1, 0.15) is 5.56 Å². The van der Waals surface area contributed by atoms with E-state index in [-0.39, 0.29) is 6.54 Å². The molecule has 0 fully saturated rings. The van der Waals surface area contributed by atoms with Crippen LogP contribution in [0.15, 0.2) is 18.5 Å². The Hall–Kier alpha value is -1.65. The topological polar surface area (TPSA) is 65.3 Å². The number of hydrogen-bond donors (Lipinski definition) is 0. The van der Waals surface area contributed by atoms with Gasteiger partial charge >= 0.3 is 0 Å². The highest BCUT2D eigenvalue weighted by molar-refractivity contribution is 5.22. The second kappa shape index (κ2) is 3.66. The molecule has 0 spiro atoms. The minimum Gasteiger partial charge on any atom is -0.495 e. The van der Waals surface area contributed by atoms with Gasteiger partial charge in [0.2, 0.25) is 6.54 Å². The molecule has 1 aromatic rings. The average Bonchev–Trinajstić information content (AvgIpc) is 2.03. The van der Waals surface area contributed by atoms with Crippen LogP contribution in [-0.4, -0.2) is 17.0 Å². The first-order valence-corrected chi connectivity index (χ1v) is 3.32. The van der Waals surface area contributed by atoms with Crippen molar-refractivity contribution < 1.29 is 9.66 Å². The van der Waals surface area contributed by atoms with Crippen LogP contribution in [0.25, 0.3) is 0 Å². The lowest BCUT2D eigenvalue weighted by Gasteiger charge is -1.98. The third-order valence-electron chi connectivity index (χ3n) is 1.32. The molecule has 0 bridgehead atoms. The van der Waals surface area contributed by atoms with E-state index in [1.165, 1.54) is 19.5 Å². The monoisotopic (exact) mass is 168 g/mol. The summed E-state index contributed by atoms with van der Waals surface area (Å²) in [5.74, 6) is 0.536. The van der Waals surface area contributed by atoms with Crippen molar-refractivity contribution in [3.63, 3.8) is 0 Å². The molecule has 0 aliphatic heterocycles. The van der Waals surface area contributed by atoms with E-state index in [1.807, 2.05) is 0 Å². The minimum absolute atomic E-state index is 0.218. The molecule has 0 unspecified atom stereocenters. The van der Waals surface area contributed by atoms with E-state index in [0.29, 0.717) is 11.3 Å². The van der Waals surface area contributed by atoms with Crippen molar-refractivity contribution in [1.29, 1.82) is 0 Å². The van der Waals surface area contributed by atoms with Gasteiger partial charge in [-0.3, -0.25) is 15.1 Å². The third-order valence-corrected chi connectivity index (χ3v) is 1.32. The predicted molar refractivity (Wildman–Crippen MR) is 41.5 cm³/mol. The van der Waals surface area contributed by atoms with Gasteiger partial charge in [-0.2, -0.15) is 0 Å². The van der Waals surface area contributed by atoms with Gasteiger partial charge in [0.1, 0.15) is 5.75 Å². The van der Waals surface area contributed by atoms with E-state index >= 15 is 0 Å². The van der Waals surface area contributed by atoms with Gasteiger partial charge in [-0.1, -0.05) is 0 Å². The summed E-state index contributed by atoms with van der Waals surface area (Å²) in [4.78, 5) is 13.5. The van der Waals surface area contributed by atoms with E-state index in [4.69, 9.17) is 4.74 Å². The van der Waals surface area contributed by atoms with Gasteiger partial charge in [-0.25, -0.2) is 0 Å². The second-order valence-electron chi connectivity index (χ2n) is 2.22. The zero-order chi connectivity index (χ0) is 8.97. The highest BCUT2D eigenvalue weighted by atomic mass is 16.6. The molecule has 0 aromatic carbocycles. The lowest BCUT2D eigenvalue weighted by atomic mass is 10.3. The minimum atomic E-state index is -0.406. The number of pyridine rings is 1. The molecule has 0 aliphatic carbocycles. The molecular weight excluding hydrogens is 160 g/mol. The van der Waals surface area contributed by atoms with Gasteiger partial charge in [0.15, 0.2) is 0 Å². The Morgan fingerprint density at radius 2 is 2.42 bits per heavy atom. The maximum Gasteiger partial charge on any atom is 0.230 e. The number of ether oxygens (including phenoxy) is 1. The van der Waals surface area contributed by atoms with Gasteiger partial charge in [0.05, 0.1) is 13.3 Å². The lowest BCUT2D eigenvalue weighted by molar-refractivity contribution is -0.496. The average molecular weight is 168 g/mol. The summed E-state index contributed by atoms with van der Waals surface area (Å²) in [6.07, 6.45) is 2.95. The van der Waals surface area contributed by atoms with Crippen molar-refractivity contribution >= 4 is 0 Å². The first kappa shape index (κ1) is 8.45. The van der Waals surface area contributed by atoms with E-state index < -0.39 is 4.92 Å². The van der Waals surface area contributed by atoms with Crippen LogP contribution in [0.4, 0.5) is 0 Å². The molecule has 1 heterocycles. The Labute approximate surface area is 69.1 Å². The summed E-state index contributed by atoms with van der Waals surface area (Å²) in [5.41, 5.74) is 0.541. The fourth-order valence-electron chi connectivity index (χ4n) is 0.811.